The molecule has 40 heavy (non-hydrogen) atoms. The molecule has 0 saturated carbocycles. The van der Waals surface area contributed by atoms with Crippen LogP contribution >= 0.6 is 22.9 Å². The number of nitrogens with zero attached hydrogens (tertiary/aromatic N) is 4. The van der Waals surface area contributed by atoms with Gasteiger partial charge in [0.25, 0.3) is 11.5 Å². The molecule has 0 spiro atoms. The van der Waals surface area contributed by atoms with Gasteiger partial charge in [-0.15, -0.1) is 11.3 Å². The maximum atomic E-state index is 14.2. The summed E-state index contributed by atoms with van der Waals surface area (Å²) in [7, 11) is 0. The fourth-order valence-corrected chi connectivity index (χ4v) is 5.75. The Labute approximate surface area is 238 Å². The second kappa shape index (κ2) is 11.2. The van der Waals surface area contributed by atoms with Crippen LogP contribution < -0.4 is 11.3 Å². The van der Waals surface area contributed by atoms with E-state index in [1.807, 2.05) is 13.8 Å². The predicted octanol–water partition coefficient (Wildman–Crippen LogP) is 5.71. The first-order valence-electron chi connectivity index (χ1n) is 12.6. The Morgan fingerprint density at radius 1 is 1.23 bits per heavy atom. The molecule has 0 aliphatic heterocycles. The largest absolute Gasteiger partial charge is 0.448 e. The zero-order valence-electron chi connectivity index (χ0n) is 21.7. The number of furan rings is 1. The van der Waals surface area contributed by atoms with Crippen molar-refractivity contribution in [2.24, 2.45) is 11.7 Å². The van der Waals surface area contributed by atoms with E-state index in [0.717, 1.165) is 4.88 Å². The van der Waals surface area contributed by atoms with Gasteiger partial charge < -0.3 is 15.1 Å². The van der Waals surface area contributed by atoms with Crippen LogP contribution in [0.5, 0.6) is 0 Å². The third kappa shape index (κ3) is 5.11. The second-order valence-corrected chi connectivity index (χ2v) is 11.2. The van der Waals surface area contributed by atoms with Crippen molar-refractivity contribution in [3.63, 3.8) is 0 Å². The highest BCUT2D eigenvalue weighted by Gasteiger charge is 2.33. The molecule has 0 aliphatic rings. The molecule has 1 amide bonds. The summed E-state index contributed by atoms with van der Waals surface area (Å²) in [5.74, 6) is -0.686. The molecular formula is C29H25ClFN5O3S. The molecule has 8 nitrogen and oxygen atoms in total. The molecule has 0 radical (unpaired) electrons. The average molecular weight is 578 g/mol. The molecule has 11 heteroatoms. The van der Waals surface area contributed by atoms with E-state index in [-0.39, 0.29) is 42.6 Å². The first-order valence-corrected chi connectivity index (χ1v) is 13.8. The van der Waals surface area contributed by atoms with Crippen molar-refractivity contribution in [1.82, 2.24) is 14.5 Å². The third-order valence-electron chi connectivity index (χ3n) is 6.61. The molecule has 5 rings (SSSR count). The lowest BCUT2D eigenvalue weighted by Crippen LogP contribution is -2.43. The smallest absolute Gasteiger partial charge is 0.297 e. The fraction of sp³-hybridized carbons (Fsp3) is 0.241. The first-order chi connectivity index (χ1) is 19.2. The van der Waals surface area contributed by atoms with Gasteiger partial charge in [0, 0.05) is 33.9 Å². The molecule has 0 fully saturated rings. The van der Waals surface area contributed by atoms with Gasteiger partial charge in [-0.3, -0.25) is 14.2 Å². The summed E-state index contributed by atoms with van der Waals surface area (Å²) in [6, 6.07) is 15.4. The number of nitriles is 1. The minimum atomic E-state index is -0.683. The van der Waals surface area contributed by atoms with E-state index in [4.69, 9.17) is 26.7 Å². The third-order valence-corrected chi connectivity index (χ3v) is 7.83. The van der Waals surface area contributed by atoms with Crippen LogP contribution in [0.15, 0.2) is 63.8 Å². The summed E-state index contributed by atoms with van der Waals surface area (Å²) in [4.78, 5) is 35.6. The van der Waals surface area contributed by atoms with Crippen molar-refractivity contribution in [2.75, 3.05) is 13.1 Å². The molecule has 204 valence electrons. The lowest BCUT2D eigenvalue weighted by atomic mass is 9.99. The molecule has 5 aromatic rings. The number of hydrogen-bond donors (Lipinski definition) is 1. The zero-order valence-corrected chi connectivity index (χ0v) is 23.3. The number of thiophene rings is 1. The van der Waals surface area contributed by atoms with Crippen molar-refractivity contribution in [3.8, 4) is 6.07 Å². The minimum Gasteiger partial charge on any atom is -0.448 e. The van der Waals surface area contributed by atoms with Gasteiger partial charge in [0.2, 0.25) is 5.58 Å². The molecule has 1 atom stereocenters. The van der Waals surface area contributed by atoms with Crippen molar-refractivity contribution in [2.45, 2.75) is 26.4 Å². The Bertz CT molecular complexity index is 1820. The summed E-state index contributed by atoms with van der Waals surface area (Å²) in [6.45, 7) is 4.32. The normalized spacial score (nSPS) is 12.2. The summed E-state index contributed by atoms with van der Waals surface area (Å²) in [6.07, 6.45) is 0. The quantitative estimate of drug-likeness (QED) is 0.252. The van der Waals surface area contributed by atoms with Crippen LogP contribution in [0.1, 0.15) is 45.8 Å². The number of hydrogen-bond acceptors (Lipinski definition) is 7. The van der Waals surface area contributed by atoms with Gasteiger partial charge in [0.05, 0.1) is 12.6 Å². The van der Waals surface area contributed by atoms with Crippen LogP contribution in [0, 0.1) is 23.1 Å². The van der Waals surface area contributed by atoms with Crippen molar-refractivity contribution >= 4 is 50.9 Å². The number of amides is 1. The lowest BCUT2D eigenvalue weighted by Gasteiger charge is -2.35. The minimum absolute atomic E-state index is 0.0154. The molecular weight excluding hydrogens is 553 g/mol. The van der Waals surface area contributed by atoms with Gasteiger partial charge in [-0.05, 0) is 60.5 Å². The number of rotatable bonds is 8. The maximum Gasteiger partial charge on any atom is 0.297 e. The van der Waals surface area contributed by atoms with E-state index in [9.17, 15) is 19.2 Å². The summed E-state index contributed by atoms with van der Waals surface area (Å²) >= 11 is 7.31. The molecule has 3 aromatic heterocycles. The van der Waals surface area contributed by atoms with Gasteiger partial charge in [0.1, 0.15) is 33.7 Å². The standard InChI is InChI=1S/C29H25ClFN5O3S/c1-16(2)25(35(12-11-32)28(37)17-3-5-18(30)6-4-17)27-34-24-22-13-19(31)7-10-23(22)39-26(24)29(38)36(27)15-21-9-8-20(14-33)40-21/h3-10,13,16,25H,11-12,15,32H2,1-2H3. The van der Waals surface area contributed by atoms with E-state index < -0.39 is 17.4 Å². The number of halogens is 2. The highest BCUT2D eigenvalue weighted by Crippen LogP contribution is 2.33. The van der Waals surface area contributed by atoms with Crippen LogP contribution in [-0.2, 0) is 6.54 Å². The zero-order chi connectivity index (χ0) is 28.6. The summed E-state index contributed by atoms with van der Waals surface area (Å²) < 4.78 is 21.5. The van der Waals surface area contributed by atoms with Gasteiger partial charge in [-0.2, -0.15) is 5.26 Å². The number of aromatic nitrogens is 2. The number of carbonyl (C=O) groups is 1. The molecule has 1 unspecified atom stereocenters. The van der Waals surface area contributed by atoms with E-state index in [2.05, 4.69) is 6.07 Å². The van der Waals surface area contributed by atoms with Crippen LogP contribution in [0.3, 0.4) is 0 Å². The summed E-state index contributed by atoms with van der Waals surface area (Å²) in [5.41, 5.74) is 6.43. The van der Waals surface area contributed by atoms with Gasteiger partial charge in [-0.25, -0.2) is 9.37 Å². The average Bonchev–Trinajstić information content (AvgIpc) is 3.54. The van der Waals surface area contributed by atoms with E-state index in [1.165, 1.54) is 34.1 Å². The topological polar surface area (TPSA) is 118 Å². The van der Waals surface area contributed by atoms with E-state index in [0.29, 0.717) is 32.3 Å². The number of nitrogens with two attached hydrogens (primary N) is 1. The SMILES string of the molecule is CC(C)C(c1nc2c(oc3ccc(F)cc32)c(=O)n1Cc1ccc(C#N)s1)N(CCN)C(=O)c1ccc(Cl)cc1. The Balaban J connectivity index is 1.76. The number of benzene rings is 2. The Morgan fingerprint density at radius 3 is 2.62 bits per heavy atom. The fourth-order valence-electron chi connectivity index (χ4n) is 4.83. The van der Waals surface area contributed by atoms with E-state index >= 15 is 0 Å². The maximum absolute atomic E-state index is 14.2. The molecule has 2 N–H and O–H groups in total. The van der Waals surface area contributed by atoms with Crippen LogP contribution in [0.25, 0.3) is 22.1 Å². The predicted molar refractivity (Wildman–Crippen MR) is 153 cm³/mol. The Kier molecular flexibility index (Phi) is 7.72. The Morgan fingerprint density at radius 2 is 1.98 bits per heavy atom. The first kappa shape index (κ1) is 27.5. The van der Waals surface area contributed by atoms with Crippen molar-refractivity contribution in [1.29, 1.82) is 5.26 Å². The van der Waals surface area contributed by atoms with Gasteiger partial charge >= 0.3 is 0 Å². The van der Waals surface area contributed by atoms with E-state index in [1.54, 1.807) is 41.3 Å². The van der Waals surface area contributed by atoms with Gasteiger partial charge in [-0.1, -0.05) is 25.4 Å². The Hall–Kier alpha value is -4.04. The number of fused-ring (bicyclic) bond motifs is 3. The monoisotopic (exact) mass is 577 g/mol. The van der Waals surface area contributed by atoms with Crippen LogP contribution in [0.4, 0.5) is 4.39 Å². The van der Waals surface area contributed by atoms with Crippen LogP contribution in [0.2, 0.25) is 5.02 Å². The molecule has 0 bridgehead atoms. The highest BCUT2D eigenvalue weighted by molar-refractivity contribution is 7.12. The molecule has 3 heterocycles. The van der Waals surface area contributed by atoms with Crippen LogP contribution in [-0.4, -0.2) is 33.4 Å². The highest BCUT2D eigenvalue weighted by atomic mass is 35.5. The molecule has 2 aromatic carbocycles. The van der Waals surface area contributed by atoms with Crippen molar-refractivity contribution < 1.29 is 13.6 Å². The molecule has 0 saturated heterocycles. The number of carbonyl (C=O) groups excluding carboxylic acids is 1. The van der Waals surface area contributed by atoms with Gasteiger partial charge in [0.15, 0.2) is 0 Å². The molecule has 0 aliphatic carbocycles. The second-order valence-electron chi connectivity index (χ2n) is 9.64. The lowest BCUT2D eigenvalue weighted by molar-refractivity contribution is 0.0612. The summed E-state index contributed by atoms with van der Waals surface area (Å²) in [5, 5.41) is 10.2. The van der Waals surface area contributed by atoms with Crippen molar-refractivity contribution in [3.05, 3.63) is 96.9 Å².